The van der Waals surface area contributed by atoms with Crippen LogP contribution in [0.3, 0.4) is 0 Å². The molecule has 8 nitrogen and oxygen atoms in total. The molecular formula is C18H26N4O4. The quantitative estimate of drug-likeness (QED) is 0.611. The van der Waals surface area contributed by atoms with Gasteiger partial charge in [0, 0.05) is 25.6 Å². The summed E-state index contributed by atoms with van der Waals surface area (Å²) in [5.41, 5.74) is 1.88. The summed E-state index contributed by atoms with van der Waals surface area (Å²) >= 11 is 0. The molecule has 8 heteroatoms. The average molecular weight is 362 g/mol. The molecule has 2 unspecified atom stereocenters. The predicted molar refractivity (Wildman–Crippen MR) is 95.4 cm³/mol. The zero-order valence-corrected chi connectivity index (χ0v) is 15.6. The van der Waals surface area contributed by atoms with E-state index in [1.54, 1.807) is 6.92 Å². The summed E-state index contributed by atoms with van der Waals surface area (Å²) in [4.78, 5) is 49.7. The normalized spacial score (nSPS) is 24.4. The van der Waals surface area contributed by atoms with Gasteiger partial charge in [0.2, 0.25) is 17.7 Å². The highest BCUT2D eigenvalue weighted by Gasteiger charge is 2.41. The topological polar surface area (TPSA) is 108 Å². The molecule has 0 aliphatic carbocycles. The Morgan fingerprint density at radius 3 is 2.62 bits per heavy atom. The van der Waals surface area contributed by atoms with Gasteiger partial charge in [0.15, 0.2) is 0 Å². The zero-order valence-electron chi connectivity index (χ0n) is 15.6. The number of nitrogens with one attached hydrogen (secondary N) is 3. The molecule has 0 saturated carbocycles. The molecule has 0 spiro atoms. The lowest BCUT2D eigenvalue weighted by Gasteiger charge is -2.42. The van der Waals surface area contributed by atoms with Crippen molar-refractivity contribution in [2.24, 2.45) is 0 Å². The first-order valence-corrected chi connectivity index (χ1v) is 8.83. The van der Waals surface area contributed by atoms with Crippen molar-refractivity contribution in [2.45, 2.75) is 59.2 Å². The number of rotatable bonds is 5. The third-order valence-electron chi connectivity index (χ3n) is 4.51. The molecule has 1 fully saturated rings. The third-order valence-corrected chi connectivity index (χ3v) is 4.51. The van der Waals surface area contributed by atoms with Crippen LogP contribution in [-0.4, -0.2) is 47.3 Å². The summed E-state index contributed by atoms with van der Waals surface area (Å²) in [7, 11) is 0. The molecule has 0 bridgehead atoms. The van der Waals surface area contributed by atoms with Crippen LogP contribution in [0.15, 0.2) is 22.9 Å². The van der Waals surface area contributed by atoms with E-state index < -0.39 is 11.9 Å². The van der Waals surface area contributed by atoms with Gasteiger partial charge in [-0.1, -0.05) is 13.0 Å². The van der Waals surface area contributed by atoms with Crippen molar-refractivity contribution in [2.75, 3.05) is 6.54 Å². The number of amides is 4. The minimum absolute atomic E-state index is 0.183. The summed E-state index contributed by atoms with van der Waals surface area (Å²) in [6.45, 7) is 7.22. The summed E-state index contributed by atoms with van der Waals surface area (Å²) in [6, 6.07) is -0.700. The van der Waals surface area contributed by atoms with E-state index in [1.807, 2.05) is 19.9 Å². The van der Waals surface area contributed by atoms with Crippen LogP contribution in [0.1, 0.15) is 47.0 Å². The SMILES string of the molecule is CC/C=C(/CNC(C)=O)C1=C(C)NC(C)N(C2CCC(=O)NC2=O)C1=O. The summed E-state index contributed by atoms with van der Waals surface area (Å²) in [6.07, 6.45) is 2.72. The van der Waals surface area contributed by atoms with Gasteiger partial charge in [-0.25, -0.2) is 0 Å². The van der Waals surface area contributed by atoms with Crippen LogP contribution in [-0.2, 0) is 19.2 Å². The van der Waals surface area contributed by atoms with E-state index in [1.165, 1.54) is 11.8 Å². The Labute approximate surface area is 153 Å². The zero-order chi connectivity index (χ0) is 19.4. The number of piperidine rings is 1. The van der Waals surface area contributed by atoms with E-state index in [2.05, 4.69) is 16.0 Å². The highest BCUT2D eigenvalue weighted by atomic mass is 16.2. The lowest BCUT2D eigenvalue weighted by Crippen LogP contribution is -2.62. The molecule has 0 aromatic rings. The van der Waals surface area contributed by atoms with Gasteiger partial charge in [0.05, 0.1) is 11.7 Å². The Bertz CT molecular complexity index is 695. The molecule has 2 heterocycles. The van der Waals surface area contributed by atoms with E-state index in [0.717, 1.165) is 0 Å². The van der Waals surface area contributed by atoms with Gasteiger partial charge < -0.3 is 15.5 Å². The van der Waals surface area contributed by atoms with Crippen molar-refractivity contribution in [1.29, 1.82) is 0 Å². The number of imide groups is 1. The number of nitrogens with zero attached hydrogens (tertiary/aromatic N) is 1. The molecule has 0 radical (unpaired) electrons. The first-order valence-electron chi connectivity index (χ1n) is 8.83. The maximum Gasteiger partial charge on any atom is 0.258 e. The molecule has 3 N–H and O–H groups in total. The fraction of sp³-hybridized carbons (Fsp3) is 0.556. The minimum Gasteiger partial charge on any atom is -0.368 e. The van der Waals surface area contributed by atoms with Gasteiger partial charge in [-0.2, -0.15) is 0 Å². The Kier molecular flexibility index (Phi) is 6.18. The van der Waals surface area contributed by atoms with Gasteiger partial charge in [-0.15, -0.1) is 0 Å². The van der Waals surface area contributed by atoms with Gasteiger partial charge in [-0.3, -0.25) is 24.5 Å². The molecule has 142 valence electrons. The van der Waals surface area contributed by atoms with Crippen LogP contribution >= 0.6 is 0 Å². The highest BCUT2D eigenvalue weighted by Crippen LogP contribution is 2.27. The van der Waals surface area contributed by atoms with E-state index in [0.29, 0.717) is 29.7 Å². The lowest BCUT2D eigenvalue weighted by molar-refractivity contribution is -0.146. The van der Waals surface area contributed by atoms with Crippen molar-refractivity contribution in [3.05, 3.63) is 22.9 Å². The van der Waals surface area contributed by atoms with Crippen molar-refractivity contribution in [1.82, 2.24) is 20.9 Å². The molecule has 4 amide bonds. The second kappa shape index (κ2) is 8.16. The standard InChI is InChI=1S/C18H26N4O4/c1-5-6-13(9-19-12(4)23)16-10(2)20-11(3)22(18(16)26)14-7-8-15(24)21-17(14)25/h6,11,14,20H,5,7-9H2,1-4H3,(H,19,23)(H,21,24,25)/b13-6-. The number of hydrogen-bond donors (Lipinski definition) is 3. The molecule has 2 aliphatic heterocycles. The maximum atomic E-state index is 13.2. The Balaban J connectivity index is 2.34. The van der Waals surface area contributed by atoms with Crippen LogP contribution in [0.25, 0.3) is 0 Å². The fourth-order valence-corrected chi connectivity index (χ4v) is 3.39. The van der Waals surface area contributed by atoms with Crippen LogP contribution in [0.4, 0.5) is 0 Å². The summed E-state index contributed by atoms with van der Waals surface area (Å²) in [5, 5.41) is 8.26. The van der Waals surface area contributed by atoms with E-state index in [-0.39, 0.29) is 36.9 Å². The van der Waals surface area contributed by atoms with Crippen LogP contribution < -0.4 is 16.0 Å². The second-order valence-electron chi connectivity index (χ2n) is 6.55. The largest absolute Gasteiger partial charge is 0.368 e. The van der Waals surface area contributed by atoms with Gasteiger partial charge in [0.1, 0.15) is 6.04 Å². The molecule has 2 atom stereocenters. The number of carbonyl (C=O) groups excluding carboxylic acids is 4. The Morgan fingerprint density at radius 1 is 1.35 bits per heavy atom. The number of carbonyl (C=O) groups is 4. The van der Waals surface area contributed by atoms with Gasteiger partial charge in [-0.05, 0) is 32.3 Å². The fourth-order valence-electron chi connectivity index (χ4n) is 3.39. The van der Waals surface area contributed by atoms with Crippen molar-refractivity contribution < 1.29 is 19.2 Å². The highest BCUT2D eigenvalue weighted by molar-refractivity contribution is 6.05. The van der Waals surface area contributed by atoms with Gasteiger partial charge >= 0.3 is 0 Å². The van der Waals surface area contributed by atoms with E-state index >= 15 is 0 Å². The first-order chi connectivity index (χ1) is 12.3. The Hall–Kier alpha value is -2.64. The smallest absolute Gasteiger partial charge is 0.258 e. The lowest BCUT2D eigenvalue weighted by atomic mass is 9.95. The maximum absolute atomic E-state index is 13.2. The van der Waals surface area contributed by atoms with Crippen LogP contribution in [0.5, 0.6) is 0 Å². The first kappa shape index (κ1) is 19.7. The van der Waals surface area contributed by atoms with E-state index in [9.17, 15) is 19.2 Å². The van der Waals surface area contributed by atoms with Gasteiger partial charge in [0.25, 0.3) is 5.91 Å². The Morgan fingerprint density at radius 2 is 2.04 bits per heavy atom. The molecular weight excluding hydrogens is 336 g/mol. The minimum atomic E-state index is -0.700. The number of allylic oxidation sites excluding steroid dienone is 2. The van der Waals surface area contributed by atoms with Crippen LogP contribution in [0.2, 0.25) is 0 Å². The average Bonchev–Trinajstić information content (AvgIpc) is 2.54. The molecule has 1 saturated heterocycles. The van der Waals surface area contributed by atoms with Crippen molar-refractivity contribution in [3.63, 3.8) is 0 Å². The second-order valence-corrected chi connectivity index (χ2v) is 6.55. The summed E-state index contributed by atoms with van der Waals surface area (Å²) < 4.78 is 0. The van der Waals surface area contributed by atoms with Crippen LogP contribution in [0, 0.1) is 0 Å². The summed E-state index contributed by atoms with van der Waals surface area (Å²) in [5.74, 6) is -1.23. The van der Waals surface area contributed by atoms with Crippen molar-refractivity contribution >= 4 is 23.6 Å². The molecule has 26 heavy (non-hydrogen) atoms. The van der Waals surface area contributed by atoms with E-state index in [4.69, 9.17) is 0 Å². The number of hydrogen-bond acceptors (Lipinski definition) is 5. The van der Waals surface area contributed by atoms with Crippen molar-refractivity contribution in [3.8, 4) is 0 Å². The molecule has 0 aromatic carbocycles. The molecule has 2 rings (SSSR count). The molecule has 0 aromatic heterocycles. The molecule has 2 aliphatic rings. The monoisotopic (exact) mass is 362 g/mol. The predicted octanol–water partition coefficient (Wildman–Crippen LogP) is 0.316. The third kappa shape index (κ3) is 4.12.